The summed E-state index contributed by atoms with van der Waals surface area (Å²) < 4.78 is 1.05. The maximum absolute atomic E-state index is 4.37. The Bertz CT molecular complexity index is 514. The number of hydrogen-bond acceptors (Lipinski definition) is 2. The van der Waals surface area contributed by atoms with Gasteiger partial charge >= 0.3 is 0 Å². The number of likely N-dealkylation sites (tertiary alicyclic amines) is 1. The van der Waals surface area contributed by atoms with Crippen LogP contribution in [0, 0.1) is 0 Å². The minimum absolute atomic E-state index is 0.990. The van der Waals surface area contributed by atoms with E-state index in [9.17, 15) is 0 Å². The van der Waals surface area contributed by atoms with Crippen molar-refractivity contribution in [1.82, 2.24) is 14.9 Å². The van der Waals surface area contributed by atoms with Crippen LogP contribution >= 0.6 is 15.9 Å². The molecule has 0 radical (unpaired) electrons. The quantitative estimate of drug-likeness (QED) is 0.944. The van der Waals surface area contributed by atoms with Crippen molar-refractivity contribution in [2.24, 2.45) is 0 Å². The number of pyridine rings is 1. The zero-order valence-corrected chi connectivity index (χ0v) is 11.3. The maximum atomic E-state index is 4.37. The molecule has 1 aliphatic heterocycles. The van der Waals surface area contributed by atoms with Crippen LogP contribution in [0.2, 0.25) is 0 Å². The predicted molar refractivity (Wildman–Crippen MR) is 73.2 cm³/mol. The molecule has 1 fully saturated rings. The zero-order chi connectivity index (χ0) is 11.7. The van der Waals surface area contributed by atoms with Crippen LogP contribution in [-0.2, 0) is 6.42 Å². The molecule has 4 heteroatoms. The smallest absolute Gasteiger partial charge is 0.137 e. The van der Waals surface area contributed by atoms with Gasteiger partial charge in [-0.2, -0.15) is 0 Å². The van der Waals surface area contributed by atoms with Crippen molar-refractivity contribution in [3.8, 4) is 0 Å². The third kappa shape index (κ3) is 2.38. The van der Waals surface area contributed by atoms with Gasteiger partial charge in [-0.3, -0.25) is 0 Å². The topological polar surface area (TPSA) is 31.9 Å². The number of hydrogen-bond donors (Lipinski definition) is 1. The van der Waals surface area contributed by atoms with E-state index in [2.05, 4.69) is 43.1 Å². The van der Waals surface area contributed by atoms with Crippen molar-refractivity contribution in [2.75, 3.05) is 19.6 Å². The molecule has 1 aliphatic rings. The van der Waals surface area contributed by atoms with Crippen LogP contribution in [0.3, 0.4) is 0 Å². The van der Waals surface area contributed by atoms with Gasteiger partial charge in [-0.15, -0.1) is 0 Å². The van der Waals surface area contributed by atoms with E-state index in [0.717, 1.165) is 16.5 Å². The Labute approximate surface area is 109 Å². The highest BCUT2D eigenvalue weighted by Gasteiger charge is 2.12. The Morgan fingerprint density at radius 2 is 2.18 bits per heavy atom. The van der Waals surface area contributed by atoms with Crippen molar-refractivity contribution >= 4 is 27.0 Å². The Kier molecular flexibility index (Phi) is 3.16. The van der Waals surface area contributed by atoms with Gasteiger partial charge in [0, 0.05) is 28.8 Å². The average Bonchev–Trinajstić information content (AvgIpc) is 2.94. The summed E-state index contributed by atoms with van der Waals surface area (Å²) in [6.07, 6.45) is 7.77. The third-order valence-corrected chi connectivity index (χ3v) is 3.91. The molecule has 0 aliphatic carbocycles. The van der Waals surface area contributed by atoms with Gasteiger partial charge in [0.25, 0.3) is 0 Å². The summed E-state index contributed by atoms with van der Waals surface area (Å²) in [5.41, 5.74) is 2.37. The second-order valence-electron chi connectivity index (χ2n) is 4.66. The number of halogens is 1. The summed E-state index contributed by atoms with van der Waals surface area (Å²) in [6.45, 7) is 3.70. The molecule has 0 spiro atoms. The number of fused-ring (bicyclic) bond motifs is 1. The lowest BCUT2D eigenvalue weighted by Gasteiger charge is -2.13. The standard InChI is InChI=1S/C13H16BrN3/c14-11-7-12-10(8-15-13(12)16-9-11)3-6-17-4-1-2-5-17/h7-9H,1-6H2,(H,15,16). The number of aromatic amines is 1. The van der Waals surface area contributed by atoms with E-state index in [-0.39, 0.29) is 0 Å². The molecule has 3 heterocycles. The van der Waals surface area contributed by atoms with Gasteiger partial charge in [-0.1, -0.05) is 0 Å². The third-order valence-electron chi connectivity index (χ3n) is 3.48. The molecule has 1 N–H and O–H groups in total. The summed E-state index contributed by atoms with van der Waals surface area (Å²) in [5, 5.41) is 1.25. The van der Waals surface area contributed by atoms with Crippen molar-refractivity contribution in [1.29, 1.82) is 0 Å². The van der Waals surface area contributed by atoms with Crippen LogP contribution in [0.1, 0.15) is 18.4 Å². The molecule has 3 nitrogen and oxygen atoms in total. The lowest BCUT2D eigenvalue weighted by atomic mass is 10.1. The Balaban J connectivity index is 1.77. The van der Waals surface area contributed by atoms with Crippen molar-refractivity contribution < 1.29 is 0 Å². The molecule has 0 saturated carbocycles. The minimum atomic E-state index is 0.990. The van der Waals surface area contributed by atoms with Crippen LogP contribution < -0.4 is 0 Å². The second-order valence-corrected chi connectivity index (χ2v) is 5.58. The summed E-state index contributed by atoms with van der Waals surface area (Å²) in [7, 11) is 0. The molecule has 0 bridgehead atoms. The molecule has 2 aromatic heterocycles. The highest BCUT2D eigenvalue weighted by molar-refractivity contribution is 9.10. The minimum Gasteiger partial charge on any atom is -0.346 e. The Morgan fingerprint density at radius 1 is 1.35 bits per heavy atom. The van der Waals surface area contributed by atoms with E-state index in [1.807, 2.05) is 6.20 Å². The lowest BCUT2D eigenvalue weighted by Crippen LogP contribution is -2.21. The lowest BCUT2D eigenvalue weighted by molar-refractivity contribution is 0.344. The highest BCUT2D eigenvalue weighted by Crippen LogP contribution is 2.21. The van der Waals surface area contributed by atoms with Crippen LogP contribution in [0.5, 0.6) is 0 Å². The first-order valence-electron chi connectivity index (χ1n) is 6.17. The van der Waals surface area contributed by atoms with E-state index < -0.39 is 0 Å². The van der Waals surface area contributed by atoms with Crippen molar-refractivity contribution in [3.05, 3.63) is 28.5 Å². The molecule has 0 aromatic carbocycles. The molecule has 0 atom stereocenters. The normalized spacial score (nSPS) is 17.0. The Morgan fingerprint density at radius 3 is 3.00 bits per heavy atom. The van der Waals surface area contributed by atoms with Gasteiger partial charge in [0.1, 0.15) is 5.65 Å². The first kappa shape index (κ1) is 11.2. The largest absolute Gasteiger partial charge is 0.346 e. The SMILES string of the molecule is Brc1cnc2[nH]cc(CCN3CCCC3)c2c1. The van der Waals surface area contributed by atoms with Crippen LogP contribution in [0.25, 0.3) is 11.0 Å². The maximum Gasteiger partial charge on any atom is 0.137 e. The number of aromatic nitrogens is 2. The van der Waals surface area contributed by atoms with Gasteiger partial charge < -0.3 is 9.88 Å². The average molecular weight is 294 g/mol. The first-order chi connectivity index (χ1) is 8.33. The van der Waals surface area contributed by atoms with Gasteiger partial charge in [-0.05, 0) is 59.9 Å². The number of H-pyrrole nitrogens is 1. The summed E-state index contributed by atoms with van der Waals surface area (Å²) in [4.78, 5) is 10.2. The molecule has 2 aromatic rings. The fourth-order valence-electron chi connectivity index (χ4n) is 2.52. The molecule has 0 unspecified atom stereocenters. The van der Waals surface area contributed by atoms with E-state index in [0.29, 0.717) is 0 Å². The number of rotatable bonds is 3. The van der Waals surface area contributed by atoms with Gasteiger partial charge in [0.05, 0.1) is 0 Å². The molecule has 1 saturated heterocycles. The summed E-state index contributed by atoms with van der Waals surface area (Å²) in [5.74, 6) is 0. The van der Waals surface area contributed by atoms with E-state index >= 15 is 0 Å². The fraction of sp³-hybridized carbons (Fsp3) is 0.462. The number of nitrogens with one attached hydrogen (secondary N) is 1. The molecule has 90 valence electrons. The van der Waals surface area contributed by atoms with E-state index in [1.54, 1.807) is 0 Å². The van der Waals surface area contributed by atoms with Gasteiger partial charge in [-0.25, -0.2) is 4.98 Å². The van der Waals surface area contributed by atoms with Crippen molar-refractivity contribution in [3.63, 3.8) is 0 Å². The molecular formula is C13H16BrN3. The summed E-state index contributed by atoms with van der Waals surface area (Å²) in [6, 6.07) is 2.15. The highest BCUT2D eigenvalue weighted by atomic mass is 79.9. The van der Waals surface area contributed by atoms with Crippen LogP contribution in [-0.4, -0.2) is 34.5 Å². The van der Waals surface area contributed by atoms with Crippen LogP contribution in [0.4, 0.5) is 0 Å². The monoisotopic (exact) mass is 293 g/mol. The van der Waals surface area contributed by atoms with Gasteiger partial charge in [0.2, 0.25) is 0 Å². The first-order valence-corrected chi connectivity index (χ1v) is 6.96. The fourth-order valence-corrected chi connectivity index (χ4v) is 2.86. The molecule has 3 rings (SSSR count). The van der Waals surface area contributed by atoms with E-state index in [1.165, 1.54) is 43.4 Å². The van der Waals surface area contributed by atoms with Crippen molar-refractivity contribution in [2.45, 2.75) is 19.3 Å². The molecular weight excluding hydrogens is 278 g/mol. The van der Waals surface area contributed by atoms with Gasteiger partial charge in [0.15, 0.2) is 0 Å². The van der Waals surface area contributed by atoms with Crippen LogP contribution in [0.15, 0.2) is 22.9 Å². The Hall–Kier alpha value is -0.870. The molecule has 0 amide bonds. The number of nitrogens with zero attached hydrogens (tertiary/aromatic N) is 2. The molecule has 17 heavy (non-hydrogen) atoms. The second kappa shape index (κ2) is 4.78. The zero-order valence-electron chi connectivity index (χ0n) is 9.75. The predicted octanol–water partition coefficient (Wildman–Crippen LogP) is 2.96. The van der Waals surface area contributed by atoms with E-state index in [4.69, 9.17) is 0 Å². The summed E-state index contributed by atoms with van der Waals surface area (Å²) >= 11 is 3.48.